The van der Waals surface area contributed by atoms with Crippen LogP contribution in [0, 0.1) is 0 Å². The Balaban J connectivity index is 0.000000500. The van der Waals surface area contributed by atoms with E-state index in [1.165, 1.54) is 6.92 Å². The fraction of sp³-hybridized carbons (Fsp3) is 0.364. The molecule has 0 amide bonds. The number of carbonyl (C=O) groups is 1. The fourth-order valence-corrected chi connectivity index (χ4v) is 0.759. The van der Waals surface area contributed by atoms with Gasteiger partial charge in [0.2, 0.25) is 0 Å². The van der Waals surface area contributed by atoms with Gasteiger partial charge < -0.3 is 4.74 Å². The van der Waals surface area contributed by atoms with Crippen LogP contribution in [0.1, 0.15) is 12.5 Å². The molecule has 1 rings (SSSR count). The zero-order valence-electron chi connectivity index (χ0n) is 8.91. The van der Waals surface area contributed by atoms with Crippen molar-refractivity contribution >= 4 is 14.6 Å². The molecular formula is C11H17O2P. The molecule has 1 aromatic carbocycles. The van der Waals surface area contributed by atoms with E-state index in [1.807, 2.05) is 30.3 Å². The van der Waals surface area contributed by atoms with Crippen LogP contribution >= 0.6 is 8.58 Å². The number of hydrogen-bond donors (Lipinski definition) is 0. The van der Waals surface area contributed by atoms with Crippen LogP contribution in [0.5, 0.6) is 0 Å². The molecule has 0 aliphatic carbocycles. The van der Waals surface area contributed by atoms with Crippen LogP contribution in [0.4, 0.5) is 0 Å². The van der Waals surface area contributed by atoms with Gasteiger partial charge in [-0.3, -0.25) is 4.79 Å². The van der Waals surface area contributed by atoms with Gasteiger partial charge in [0.05, 0.1) is 0 Å². The van der Waals surface area contributed by atoms with E-state index in [1.54, 1.807) is 0 Å². The first-order chi connectivity index (χ1) is 6.70. The highest BCUT2D eigenvalue weighted by Crippen LogP contribution is 1.99. The van der Waals surface area contributed by atoms with Gasteiger partial charge in [-0.1, -0.05) is 30.3 Å². The van der Waals surface area contributed by atoms with Gasteiger partial charge in [0, 0.05) is 6.92 Å². The monoisotopic (exact) mass is 212 g/mol. The summed E-state index contributed by atoms with van der Waals surface area (Å²) >= 11 is 0. The lowest BCUT2D eigenvalue weighted by Crippen LogP contribution is -1.97. The quantitative estimate of drug-likeness (QED) is 0.556. The summed E-state index contributed by atoms with van der Waals surface area (Å²) in [5.74, 6) is -0.242. The Morgan fingerprint density at radius 3 is 2.21 bits per heavy atom. The summed E-state index contributed by atoms with van der Waals surface area (Å²) in [6.07, 6.45) is 0. The highest BCUT2D eigenvalue weighted by atomic mass is 31.1. The third kappa shape index (κ3) is 7.75. The maximum Gasteiger partial charge on any atom is 0.302 e. The minimum Gasteiger partial charge on any atom is -0.461 e. The molecule has 0 saturated carbocycles. The lowest BCUT2D eigenvalue weighted by atomic mass is 10.2. The lowest BCUT2D eigenvalue weighted by molar-refractivity contribution is -0.142. The topological polar surface area (TPSA) is 26.3 Å². The molecule has 2 nitrogen and oxygen atoms in total. The van der Waals surface area contributed by atoms with E-state index < -0.39 is 0 Å². The van der Waals surface area contributed by atoms with Crippen molar-refractivity contribution in [2.45, 2.75) is 13.5 Å². The fourth-order valence-electron chi connectivity index (χ4n) is 0.759. The lowest BCUT2D eigenvalue weighted by Gasteiger charge is -1.99. The Hall–Kier alpha value is -0.880. The molecule has 0 aliphatic rings. The zero-order chi connectivity index (χ0) is 10.8. The van der Waals surface area contributed by atoms with Crippen molar-refractivity contribution in [3.05, 3.63) is 35.9 Å². The van der Waals surface area contributed by atoms with E-state index in [-0.39, 0.29) is 5.97 Å². The summed E-state index contributed by atoms with van der Waals surface area (Å²) in [5.41, 5.74) is 1.02. The standard InChI is InChI=1S/C9H10O2.C2H7P/c1-8(10)11-7-9-5-3-2-4-6-9;1-3-2/h2-6H,7H2,1H3;3H,1-2H3. The van der Waals surface area contributed by atoms with Gasteiger partial charge in [-0.05, 0) is 18.9 Å². The van der Waals surface area contributed by atoms with Crippen LogP contribution in [-0.4, -0.2) is 19.3 Å². The van der Waals surface area contributed by atoms with Gasteiger partial charge in [-0.15, -0.1) is 8.58 Å². The largest absolute Gasteiger partial charge is 0.461 e. The Bertz CT molecular complexity index is 247. The van der Waals surface area contributed by atoms with E-state index in [0.29, 0.717) is 6.61 Å². The second-order valence-corrected chi connectivity index (χ2v) is 3.77. The Morgan fingerprint density at radius 1 is 1.29 bits per heavy atom. The van der Waals surface area contributed by atoms with Crippen molar-refractivity contribution in [2.24, 2.45) is 0 Å². The van der Waals surface area contributed by atoms with Gasteiger partial charge in [0.1, 0.15) is 6.61 Å². The van der Waals surface area contributed by atoms with Crippen molar-refractivity contribution in [1.82, 2.24) is 0 Å². The van der Waals surface area contributed by atoms with E-state index in [0.717, 1.165) is 14.1 Å². The molecule has 78 valence electrons. The van der Waals surface area contributed by atoms with Crippen molar-refractivity contribution in [3.63, 3.8) is 0 Å². The van der Waals surface area contributed by atoms with Gasteiger partial charge >= 0.3 is 5.97 Å². The van der Waals surface area contributed by atoms with Crippen LogP contribution in [-0.2, 0) is 16.1 Å². The second kappa shape index (κ2) is 8.71. The maximum absolute atomic E-state index is 10.4. The molecular weight excluding hydrogens is 195 g/mol. The molecule has 1 aromatic rings. The van der Waals surface area contributed by atoms with Crippen LogP contribution in [0.15, 0.2) is 30.3 Å². The molecule has 0 bridgehead atoms. The minimum absolute atomic E-state index is 0.242. The van der Waals surface area contributed by atoms with Crippen LogP contribution < -0.4 is 0 Å². The molecule has 0 heterocycles. The molecule has 0 fully saturated rings. The highest BCUT2D eigenvalue weighted by Gasteiger charge is 1.93. The van der Waals surface area contributed by atoms with E-state index in [4.69, 9.17) is 4.74 Å². The first-order valence-corrected chi connectivity index (χ1v) is 6.46. The number of hydrogen-bond acceptors (Lipinski definition) is 2. The molecule has 0 N–H and O–H groups in total. The molecule has 0 aromatic heterocycles. The molecule has 3 heteroatoms. The van der Waals surface area contributed by atoms with Gasteiger partial charge in [0.15, 0.2) is 0 Å². The molecule has 0 unspecified atom stereocenters. The molecule has 0 spiro atoms. The van der Waals surface area contributed by atoms with Crippen LogP contribution in [0.3, 0.4) is 0 Å². The van der Waals surface area contributed by atoms with Crippen molar-refractivity contribution in [2.75, 3.05) is 13.3 Å². The van der Waals surface area contributed by atoms with Gasteiger partial charge in [-0.25, -0.2) is 0 Å². The maximum atomic E-state index is 10.4. The van der Waals surface area contributed by atoms with Crippen molar-refractivity contribution in [3.8, 4) is 0 Å². The number of rotatable bonds is 2. The number of esters is 1. The number of benzene rings is 1. The van der Waals surface area contributed by atoms with E-state index >= 15 is 0 Å². The van der Waals surface area contributed by atoms with Crippen molar-refractivity contribution in [1.29, 1.82) is 0 Å². The van der Waals surface area contributed by atoms with Crippen LogP contribution in [0.2, 0.25) is 0 Å². The SMILES string of the molecule is CC(=O)OCc1ccccc1.CPC. The summed E-state index contributed by atoms with van der Waals surface area (Å²) in [5, 5.41) is 0. The molecule has 0 radical (unpaired) electrons. The summed E-state index contributed by atoms with van der Waals surface area (Å²) in [4.78, 5) is 10.4. The smallest absolute Gasteiger partial charge is 0.302 e. The van der Waals surface area contributed by atoms with E-state index in [9.17, 15) is 4.79 Å². The van der Waals surface area contributed by atoms with E-state index in [2.05, 4.69) is 13.3 Å². The van der Waals surface area contributed by atoms with Gasteiger partial charge in [0.25, 0.3) is 0 Å². The summed E-state index contributed by atoms with van der Waals surface area (Å²) in [7, 11) is 1.08. The minimum atomic E-state index is -0.242. The molecule has 0 saturated heterocycles. The molecule has 0 aliphatic heterocycles. The molecule has 14 heavy (non-hydrogen) atoms. The first kappa shape index (κ1) is 13.1. The predicted molar refractivity (Wildman–Crippen MR) is 62.1 cm³/mol. The average Bonchev–Trinajstić information content (AvgIpc) is 2.18. The normalized spacial score (nSPS) is 8.50. The zero-order valence-corrected chi connectivity index (χ0v) is 9.91. The van der Waals surface area contributed by atoms with Gasteiger partial charge in [-0.2, -0.15) is 0 Å². The van der Waals surface area contributed by atoms with Crippen molar-refractivity contribution < 1.29 is 9.53 Å². The first-order valence-electron chi connectivity index (χ1n) is 4.46. The Labute approximate surface area is 87.5 Å². The third-order valence-electron chi connectivity index (χ3n) is 1.28. The summed E-state index contributed by atoms with van der Waals surface area (Å²) in [6, 6.07) is 9.60. The number of ether oxygens (including phenoxy) is 1. The number of carbonyl (C=O) groups excluding carboxylic acids is 1. The Kier molecular flexibility index (Phi) is 8.16. The predicted octanol–water partition coefficient (Wildman–Crippen LogP) is 2.67. The molecule has 0 atom stereocenters. The second-order valence-electron chi connectivity index (χ2n) is 2.77. The van der Waals surface area contributed by atoms with Crippen LogP contribution in [0.25, 0.3) is 0 Å². The highest BCUT2D eigenvalue weighted by molar-refractivity contribution is 7.35. The summed E-state index contributed by atoms with van der Waals surface area (Å²) < 4.78 is 4.79. The average molecular weight is 212 g/mol. The summed E-state index contributed by atoms with van der Waals surface area (Å²) in [6.45, 7) is 6.08. The Morgan fingerprint density at radius 2 is 1.79 bits per heavy atom. The third-order valence-corrected chi connectivity index (χ3v) is 1.28.